The topological polar surface area (TPSA) is 66.5 Å². The van der Waals surface area contributed by atoms with Crippen LogP contribution in [0.1, 0.15) is 96.3 Å². The minimum Gasteiger partial charge on any atom is -0.353 e. The fourth-order valence-electron chi connectivity index (χ4n) is 5.09. The van der Waals surface area contributed by atoms with Gasteiger partial charge in [-0.3, -0.25) is 19.3 Å². The van der Waals surface area contributed by atoms with E-state index >= 15 is 0 Å². The molecule has 0 aromatic rings. The Bertz CT molecular complexity index is 563. The molecular weight excluding hydrogens is 364 g/mol. The molecule has 1 N–H and O–H groups in total. The van der Waals surface area contributed by atoms with Crippen molar-refractivity contribution in [3.05, 3.63) is 12.2 Å². The minimum atomic E-state index is -0.169. The molecule has 2 aliphatic carbocycles. The predicted octanol–water partition coefficient (Wildman–Crippen LogP) is 4.51. The Kier molecular flexibility index (Phi) is 8.75. The summed E-state index contributed by atoms with van der Waals surface area (Å²) in [6.07, 6.45) is 20.1. The smallest absolute Gasteiger partial charge is 0.233 e. The molecule has 0 spiro atoms. The van der Waals surface area contributed by atoms with Crippen LogP contribution < -0.4 is 5.32 Å². The van der Waals surface area contributed by atoms with Crippen LogP contribution in [-0.2, 0) is 14.4 Å². The second kappa shape index (κ2) is 11.5. The Hall–Kier alpha value is -1.65. The second-order valence-corrected chi connectivity index (χ2v) is 9.11. The first-order valence-electron chi connectivity index (χ1n) is 12.0. The Morgan fingerprint density at radius 1 is 0.828 bits per heavy atom. The molecule has 3 amide bonds. The molecule has 5 nitrogen and oxygen atoms in total. The summed E-state index contributed by atoms with van der Waals surface area (Å²) < 4.78 is 0. The van der Waals surface area contributed by atoms with Gasteiger partial charge in [-0.2, -0.15) is 0 Å². The lowest BCUT2D eigenvalue weighted by Gasteiger charge is -2.20. The van der Waals surface area contributed by atoms with Crippen molar-refractivity contribution >= 4 is 17.7 Å². The molecule has 0 aromatic carbocycles. The Balaban J connectivity index is 1.39. The van der Waals surface area contributed by atoms with Crippen molar-refractivity contribution in [1.29, 1.82) is 0 Å². The minimum absolute atomic E-state index is 0.0379. The van der Waals surface area contributed by atoms with Crippen LogP contribution in [-0.4, -0.2) is 35.2 Å². The number of likely N-dealkylation sites (tertiary alicyclic amines) is 1. The number of hydrogen-bond acceptors (Lipinski definition) is 3. The average molecular weight is 403 g/mol. The number of nitrogens with zero attached hydrogens (tertiary/aromatic N) is 1. The summed E-state index contributed by atoms with van der Waals surface area (Å²) in [4.78, 5) is 38.9. The van der Waals surface area contributed by atoms with Gasteiger partial charge in [-0.05, 0) is 32.1 Å². The molecule has 1 saturated carbocycles. The number of fused-ring (bicyclic) bond motifs is 1. The first-order valence-corrected chi connectivity index (χ1v) is 12.0. The van der Waals surface area contributed by atoms with Gasteiger partial charge >= 0.3 is 0 Å². The Labute approximate surface area is 175 Å². The first kappa shape index (κ1) is 22.0. The van der Waals surface area contributed by atoms with Gasteiger partial charge in [0.05, 0.1) is 11.8 Å². The van der Waals surface area contributed by atoms with Crippen molar-refractivity contribution in [2.75, 3.05) is 6.54 Å². The van der Waals surface area contributed by atoms with Crippen LogP contribution >= 0.6 is 0 Å². The van der Waals surface area contributed by atoms with Crippen molar-refractivity contribution in [2.24, 2.45) is 11.8 Å². The van der Waals surface area contributed by atoms with Crippen molar-refractivity contribution < 1.29 is 14.4 Å². The highest BCUT2D eigenvalue weighted by atomic mass is 16.2. The van der Waals surface area contributed by atoms with Gasteiger partial charge in [0.1, 0.15) is 0 Å². The number of rotatable bonds is 5. The van der Waals surface area contributed by atoms with Gasteiger partial charge in [0, 0.05) is 19.0 Å². The van der Waals surface area contributed by atoms with Crippen molar-refractivity contribution in [3.8, 4) is 0 Å². The largest absolute Gasteiger partial charge is 0.353 e. The van der Waals surface area contributed by atoms with Crippen LogP contribution in [0.5, 0.6) is 0 Å². The molecule has 29 heavy (non-hydrogen) atoms. The number of carbonyl (C=O) groups is 3. The van der Waals surface area contributed by atoms with Gasteiger partial charge in [0.25, 0.3) is 0 Å². The molecule has 0 bridgehead atoms. The molecule has 0 aromatic heterocycles. The van der Waals surface area contributed by atoms with Gasteiger partial charge in [-0.1, -0.05) is 69.9 Å². The molecule has 162 valence electrons. The van der Waals surface area contributed by atoms with Gasteiger partial charge in [0.15, 0.2) is 0 Å². The fourth-order valence-corrected chi connectivity index (χ4v) is 5.09. The van der Waals surface area contributed by atoms with Gasteiger partial charge in [-0.15, -0.1) is 0 Å². The van der Waals surface area contributed by atoms with E-state index in [1.165, 1.54) is 62.7 Å². The highest BCUT2D eigenvalue weighted by Crippen LogP contribution is 2.35. The third-order valence-corrected chi connectivity index (χ3v) is 6.85. The number of allylic oxidation sites excluding steroid dienone is 2. The maximum atomic E-state index is 12.5. The van der Waals surface area contributed by atoms with E-state index in [4.69, 9.17) is 0 Å². The number of amides is 3. The molecule has 0 unspecified atom stereocenters. The van der Waals surface area contributed by atoms with E-state index in [0.717, 1.165) is 12.8 Å². The van der Waals surface area contributed by atoms with Crippen molar-refractivity contribution in [1.82, 2.24) is 10.2 Å². The quantitative estimate of drug-likeness (QED) is 0.543. The van der Waals surface area contributed by atoms with Crippen LogP contribution in [0.3, 0.4) is 0 Å². The summed E-state index contributed by atoms with van der Waals surface area (Å²) >= 11 is 0. The lowest BCUT2D eigenvalue weighted by atomic mass is 9.85. The monoisotopic (exact) mass is 402 g/mol. The highest BCUT2D eigenvalue weighted by molar-refractivity contribution is 6.05. The molecule has 2 fully saturated rings. The molecule has 3 rings (SSSR count). The van der Waals surface area contributed by atoms with Crippen LogP contribution in [0, 0.1) is 11.8 Å². The van der Waals surface area contributed by atoms with E-state index in [1.54, 1.807) is 0 Å². The Morgan fingerprint density at radius 3 is 1.83 bits per heavy atom. The summed E-state index contributed by atoms with van der Waals surface area (Å²) in [5, 5.41) is 3.23. The Morgan fingerprint density at radius 2 is 1.31 bits per heavy atom. The summed E-state index contributed by atoms with van der Waals surface area (Å²) in [5.74, 6) is -0.344. The summed E-state index contributed by atoms with van der Waals surface area (Å²) in [6.45, 7) is 0.378. The number of carbonyl (C=O) groups excluding carboxylic acids is 3. The van der Waals surface area contributed by atoms with E-state index in [2.05, 4.69) is 5.32 Å². The number of imide groups is 1. The van der Waals surface area contributed by atoms with E-state index < -0.39 is 0 Å². The van der Waals surface area contributed by atoms with E-state index in [0.29, 0.717) is 32.2 Å². The van der Waals surface area contributed by atoms with E-state index in [9.17, 15) is 14.4 Å². The van der Waals surface area contributed by atoms with Crippen LogP contribution in [0.2, 0.25) is 0 Å². The normalized spacial score (nSPS) is 27.2. The zero-order chi connectivity index (χ0) is 20.5. The fraction of sp³-hybridized carbons (Fsp3) is 0.792. The maximum Gasteiger partial charge on any atom is 0.233 e. The zero-order valence-electron chi connectivity index (χ0n) is 17.9. The lowest BCUT2D eigenvalue weighted by Crippen LogP contribution is -2.36. The van der Waals surface area contributed by atoms with E-state index in [-0.39, 0.29) is 35.6 Å². The third-order valence-electron chi connectivity index (χ3n) is 6.85. The SMILES string of the molecule is O=C(CCCN1C(=O)[C@H]2CC=CC[C@@H]2C1=O)NC1CCCCCCCCCCC1. The van der Waals surface area contributed by atoms with Crippen LogP contribution in [0.15, 0.2) is 12.2 Å². The average Bonchev–Trinajstić information content (AvgIpc) is 2.95. The van der Waals surface area contributed by atoms with Gasteiger partial charge in [-0.25, -0.2) is 0 Å². The van der Waals surface area contributed by atoms with Crippen LogP contribution in [0.4, 0.5) is 0 Å². The van der Waals surface area contributed by atoms with Crippen LogP contribution in [0.25, 0.3) is 0 Å². The molecule has 1 heterocycles. The summed E-state index contributed by atoms with van der Waals surface area (Å²) in [6, 6.07) is 0.283. The van der Waals surface area contributed by atoms with E-state index in [1.807, 2.05) is 12.2 Å². The van der Waals surface area contributed by atoms with Crippen molar-refractivity contribution in [3.63, 3.8) is 0 Å². The summed E-state index contributed by atoms with van der Waals surface area (Å²) in [7, 11) is 0. The third kappa shape index (κ3) is 6.42. The van der Waals surface area contributed by atoms with Gasteiger partial charge in [0.2, 0.25) is 17.7 Å². The molecule has 1 saturated heterocycles. The zero-order valence-corrected chi connectivity index (χ0v) is 17.9. The standard InChI is InChI=1S/C24H38N2O3/c27-22(25-19-13-8-6-4-2-1-3-5-7-9-14-19)17-12-18-26-23(28)20-15-10-11-16-21(20)24(26)29/h10-11,19-21H,1-9,12-18H2,(H,25,27)/t20-,21-/m0/s1. The molecule has 5 heteroatoms. The lowest BCUT2D eigenvalue weighted by molar-refractivity contribution is -0.140. The summed E-state index contributed by atoms with van der Waals surface area (Å²) in [5.41, 5.74) is 0. The second-order valence-electron chi connectivity index (χ2n) is 9.11. The molecule has 1 aliphatic heterocycles. The molecule has 2 atom stereocenters. The molecular formula is C24H38N2O3. The van der Waals surface area contributed by atoms with Gasteiger partial charge < -0.3 is 5.32 Å². The molecule has 0 radical (unpaired) electrons. The molecule has 3 aliphatic rings. The van der Waals surface area contributed by atoms with Crippen molar-refractivity contribution in [2.45, 2.75) is 102 Å². The number of hydrogen-bond donors (Lipinski definition) is 1. The maximum absolute atomic E-state index is 12.5. The highest BCUT2D eigenvalue weighted by Gasteiger charge is 2.46. The first-order chi connectivity index (χ1) is 14.2. The number of nitrogens with one attached hydrogen (secondary N) is 1. The predicted molar refractivity (Wildman–Crippen MR) is 114 cm³/mol.